The topological polar surface area (TPSA) is 63.6 Å². The maximum absolute atomic E-state index is 12.2. The molecule has 3 atom stereocenters. The first-order valence-corrected chi connectivity index (χ1v) is 7.80. The molecule has 1 aromatic rings. The van der Waals surface area contributed by atoms with Crippen LogP contribution in [0, 0.1) is 0 Å². The van der Waals surface area contributed by atoms with Gasteiger partial charge < -0.3 is 9.84 Å². The number of carboxylic acid groups (broad SMARTS) is 1. The Bertz CT molecular complexity index is 440. The molecule has 1 fully saturated rings. The standard InChI is InChI=1S/C14H18O4S/c15-14(16)13(9-11-5-2-1-3-6-11)19(17)10-12-7-4-8-18-12/h1-3,5-6,12-13H,4,7-10H2,(H,15,16). The minimum Gasteiger partial charge on any atom is -0.480 e. The Morgan fingerprint density at radius 1 is 1.42 bits per heavy atom. The predicted molar refractivity (Wildman–Crippen MR) is 73.6 cm³/mol. The fourth-order valence-electron chi connectivity index (χ4n) is 2.20. The van der Waals surface area contributed by atoms with E-state index >= 15 is 0 Å². The van der Waals surface area contributed by atoms with Gasteiger partial charge in [0.15, 0.2) is 0 Å². The van der Waals surface area contributed by atoms with Crippen molar-refractivity contribution in [1.29, 1.82) is 0 Å². The molecule has 5 heteroatoms. The maximum Gasteiger partial charge on any atom is 0.319 e. The first-order chi connectivity index (χ1) is 9.16. The Labute approximate surface area is 115 Å². The molecule has 4 nitrogen and oxygen atoms in total. The monoisotopic (exact) mass is 282 g/mol. The molecule has 1 N–H and O–H groups in total. The first kappa shape index (κ1) is 14.2. The van der Waals surface area contributed by atoms with Crippen LogP contribution in [0.2, 0.25) is 0 Å². The number of rotatable bonds is 6. The summed E-state index contributed by atoms with van der Waals surface area (Å²) in [6, 6.07) is 9.31. The second-order valence-electron chi connectivity index (χ2n) is 4.70. The molecule has 1 aromatic carbocycles. The summed E-state index contributed by atoms with van der Waals surface area (Å²) in [5.41, 5.74) is 0.899. The van der Waals surface area contributed by atoms with Gasteiger partial charge in [-0.25, -0.2) is 0 Å². The average Bonchev–Trinajstić information content (AvgIpc) is 2.89. The van der Waals surface area contributed by atoms with E-state index in [9.17, 15) is 14.1 Å². The lowest BCUT2D eigenvalue weighted by atomic mass is 10.1. The molecule has 0 aromatic heterocycles. The van der Waals surface area contributed by atoms with Crippen LogP contribution >= 0.6 is 0 Å². The second-order valence-corrected chi connectivity index (χ2v) is 6.36. The van der Waals surface area contributed by atoms with Crippen LogP contribution in [0.1, 0.15) is 18.4 Å². The maximum atomic E-state index is 12.2. The first-order valence-electron chi connectivity index (χ1n) is 6.42. The Morgan fingerprint density at radius 3 is 2.74 bits per heavy atom. The van der Waals surface area contributed by atoms with Crippen molar-refractivity contribution in [2.75, 3.05) is 12.4 Å². The van der Waals surface area contributed by atoms with Gasteiger partial charge in [0.1, 0.15) is 5.25 Å². The zero-order valence-electron chi connectivity index (χ0n) is 10.7. The van der Waals surface area contributed by atoms with E-state index in [-0.39, 0.29) is 6.10 Å². The van der Waals surface area contributed by atoms with Crippen molar-refractivity contribution in [1.82, 2.24) is 0 Å². The highest BCUT2D eigenvalue weighted by Crippen LogP contribution is 2.16. The van der Waals surface area contributed by atoms with E-state index in [0.29, 0.717) is 18.8 Å². The van der Waals surface area contributed by atoms with Gasteiger partial charge in [-0.05, 0) is 24.8 Å². The summed E-state index contributed by atoms with van der Waals surface area (Å²) in [5.74, 6) is -0.677. The van der Waals surface area contributed by atoms with Crippen LogP contribution in [0.3, 0.4) is 0 Å². The van der Waals surface area contributed by atoms with E-state index in [1.54, 1.807) is 0 Å². The van der Waals surface area contributed by atoms with Crippen LogP contribution in [0.25, 0.3) is 0 Å². The van der Waals surface area contributed by atoms with Crippen molar-refractivity contribution < 1.29 is 18.8 Å². The van der Waals surface area contributed by atoms with Crippen LogP contribution in [0.4, 0.5) is 0 Å². The van der Waals surface area contributed by atoms with Crippen molar-refractivity contribution in [3.05, 3.63) is 35.9 Å². The minimum atomic E-state index is -1.40. The molecule has 19 heavy (non-hydrogen) atoms. The number of hydrogen-bond acceptors (Lipinski definition) is 3. The highest BCUT2D eigenvalue weighted by atomic mass is 32.2. The highest BCUT2D eigenvalue weighted by molar-refractivity contribution is 7.86. The van der Waals surface area contributed by atoms with Gasteiger partial charge in [-0.15, -0.1) is 0 Å². The Balaban J connectivity index is 1.98. The van der Waals surface area contributed by atoms with E-state index in [4.69, 9.17) is 4.74 Å². The molecule has 1 saturated heterocycles. The minimum absolute atomic E-state index is 0.0431. The fraction of sp³-hybridized carbons (Fsp3) is 0.500. The van der Waals surface area contributed by atoms with E-state index in [1.165, 1.54) is 0 Å². The van der Waals surface area contributed by atoms with Gasteiger partial charge in [-0.3, -0.25) is 9.00 Å². The molecular weight excluding hydrogens is 264 g/mol. The predicted octanol–water partition coefficient (Wildman–Crippen LogP) is 1.61. The molecule has 0 saturated carbocycles. The number of carbonyl (C=O) groups is 1. The summed E-state index contributed by atoms with van der Waals surface area (Å²) in [6.45, 7) is 0.693. The van der Waals surface area contributed by atoms with Gasteiger partial charge in [0.05, 0.1) is 11.9 Å². The Hall–Kier alpha value is -1.20. The van der Waals surface area contributed by atoms with E-state index in [1.807, 2.05) is 30.3 Å². The molecule has 0 bridgehead atoms. The van der Waals surface area contributed by atoms with Crippen LogP contribution in [-0.2, 0) is 26.8 Å². The molecule has 0 aliphatic carbocycles. The van der Waals surface area contributed by atoms with Crippen molar-refractivity contribution in [2.45, 2.75) is 30.6 Å². The van der Waals surface area contributed by atoms with Gasteiger partial charge in [0.25, 0.3) is 0 Å². The molecule has 0 spiro atoms. The number of aliphatic carboxylic acids is 1. The smallest absolute Gasteiger partial charge is 0.319 e. The van der Waals surface area contributed by atoms with Gasteiger partial charge in [-0.1, -0.05) is 30.3 Å². The molecule has 0 radical (unpaired) electrons. The molecule has 104 valence electrons. The van der Waals surface area contributed by atoms with Crippen LogP contribution in [0.15, 0.2) is 30.3 Å². The lowest BCUT2D eigenvalue weighted by molar-refractivity contribution is -0.136. The molecule has 1 aliphatic rings. The van der Waals surface area contributed by atoms with Crippen molar-refractivity contribution in [3.8, 4) is 0 Å². The van der Waals surface area contributed by atoms with E-state index in [2.05, 4.69) is 0 Å². The largest absolute Gasteiger partial charge is 0.480 e. The second kappa shape index (κ2) is 6.82. The Morgan fingerprint density at radius 2 is 2.16 bits per heavy atom. The van der Waals surface area contributed by atoms with Crippen molar-refractivity contribution >= 4 is 16.8 Å². The number of carboxylic acids is 1. The van der Waals surface area contributed by atoms with Crippen LogP contribution in [-0.4, -0.2) is 39.0 Å². The van der Waals surface area contributed by atoms with Crippen LogP contribution in [0.5, 0.6) is 0 Å². The van der Waals surface area contributed by atoms with E-state index < -0.39 is 22.0 Å². The van der Waals surface area contributed by atoms with Crippen LogP contribution < -0.4 is 0 Å². The Kier molecular flexibility index (Phi) is 5.10. The lowest BCUT2D eigenvalue weighted by Gasteiger charge is -2.15. The molecule has 0 amide bonds. The van der Waals surface area contributed by atoms with Crippen molar-refractivity contribution in [2.24, 2.45) is 0 Å². The molecule has 1 heterocycles. The zero-order valence-corrected chi connectivity index (χ0v) is 11.5. The summed E-state index contributed by atoms with van der Waals surface area (Å²) in [4.78, 5) is 11.3. The highest BCUT2D eigenvalue weighted by Gasteiger charge is 2.28. The number of hydrogen-bond donors (Lipinski definition) is 1. The third kappa shape index (κ3) is 4.14. The third-order valence-electron chi connectivity index (χ3n) is 3.23. The van der Waals surface area contributed by atoms with Crippen molar-refractivity contribution in [3.63, 3.8) is 0 Å². The summed E-state index contributed by atoms with van der Waals surface area (Å²) < 4.78 is 17.6. The van der Waals surface area contributed by atoms with Gasteiger partial charge in [0.2, 0.25) is 0 Å². The average molecular weight is 282 g/mol. The lowest BCUT2D eigenvalue weighted by Crippen LogP contribution is -2.32. The number of ether oxygens (including phenoxy) is 1. The third-order valence-corrected chi connectivity index (χ3v) is 4.93. The summed E-state index contributed by atoms with van der Waals surface area (Å²) >= 11 is 0. The van der Waals surface area contributed by atoms with E-state index in [0.717, 1.165) is 18.4 Å². The molecule has 2 rings (SSSR count). The van der Waals surface area contributed by atoms with Gasteiger partial charge in [-0.2, -0.15) is 0 Å². The zero-order chi connectivity index (χ0) is 13.7. The summed E-state index contributed by atoms with van der Waals surface area (Å²) in [7, 11) is -1.40. The van der Waals surface area contributed by atoms with Gasteiger partial charge in [0, 0.05) is 17.4 Å². The summed E-state index contributed by atoms with van der Waals surface area (Å²) in [6.07, 6.45) is 2.11. The quantitative estimate of drug-likeness (QED) is 0.861. The fourth-order valence-corrected chi connectivity index (χ4v) is 3.66. The molecule has 1 aliphatic heterocycles. The SMILES string of the molecule is O=C(O)C(Cc1ccccc1)S(=O)CC1CCCO1. The van der Waals surface area contributed by atoms with Gasteiger partial charge >= 0.3 is 5.97 Å². The molecule has 3 unspecified atom stereocenters. The number of benzene rings is 1. The normalized spacial score (nSPS) is 22.0. The molecular formula is C14H18O4S. The summed E-state index contributed by atoms with van der Waals surface area (Å²) in [5, 5.41) is 8.39.